The molecule has 3 aromatic rings. The Labute approximate surface area is 147 Å². The van der Waals surface area contributed by atoms with Gasteiger partial charge in [0.1, 0.15) is 11.5 Å². The van der Waals surface area contributed by atoms with E-state index in [-0.39, 0.29) is 5.78 Å². The van der Waals surface area contributed by atoms with Crippen molar-refractivity contribution in [3.05, 3.63) is 84.4 Å². The molecule has 0 saturated carbocycles. The Balaban J connectivity index is 1.67. The van der Waals surface area contributed by atoms with Crippen molar-refractivity contribution in [2.24, 2.45) is 0 Å². The van der Waals surface area contributed by atoms with Gasteiger partial charge in [0, 0.05) is 5.56 Å². The van der Waals surface area contributed by atoms with E-state index in [2.05, 4.69) is 12.1 Å². The lowest BCUT2D eigenvalue weighted by atomic mass is 10.1. The molecule has 3 aromatic carbocycles. The molecular weight excluding hydrogens is 312 g/mol. The van der Waals surface area contributed by atoms with E-state index < -0.39 is 6.10 Å². The van der Waals surface area contributed by atoms with Crippen LogP contribution in [0.1, 0.15) is 17.3 Å². The molecule has 0 spiro atoms. The molecule has 0 radical (unpaired) electrons. The number of methoxy groups -OCH3 is 1. The first-order valence-corrected chi connectivity index (χ1v) is 8.18. The Hall–Kier alpha value is -3.07. The molecular formula is C22H20O3. The molecule has 0 bridgehead atoms. The average molecular weight is 332 g/mol. The van der Waals surface area contributed by atoms with Crippen LogP contribution < -0.4 is 9.47 Å². The molecule has 1 atom stereocenters. The first-order valence-electron chi connectivity index (χ1n) is 8.18. The molecule has 0 aliphatic heterocycles. The second-order valence-electron chi connectivity index (χ2n) is 5.74. The maximum atomic E-state index is 12.5. The van der Waals surface area contributed by atoms with Gasteiger partial charge in [-0.15, -0.1) is 0 Å². The quantitative estimate of drug-likeness (QED) is 0.595. The van der Waals surface area contributed by atoms with Gasteiger partial charge in [0.2, 0.25) is 5.78 Å². The lowest BCUT2D eigenvalue weighted by Crippen LogP contribution is -2.23. The predicted octanol–water partition coefficient (Wildman–Crippen LogP) is 5.01. The number of carbonyl (C=O) groups is 1. The first kappa shape index (κ1) is 16.8. The minimum Gasteiger partial charge on any atom is -0.497 e. The average Bonchev–Trinajstić information content (AvgIpc) is 2.68. The highest BCUT2D eigenvalue weighted by atomic mass is 16.5. The van der Waals surface area contributed by atoms with Gasteiger partial charge in [-0.1, -0.05) is 42.5 Å². The van der Waals surface area contributed by atoms with Crippen molar-refractivity contribution >= 4 is 5.78 Å². The molecule has 0 aliphatic carbocycles. The monoisotopic (exact) mass is 332 g/mol. The predicted molar refractivity (Wildman–Crippen MR) is 99.3 cm³/mol. The Morgan fingerprint density at radius 2 is 1.32 bits per heavy atom. The number of ketones is 1. The van der Waals surface area contributed by atoms with Crippen molar-refractivity contribution in [2.75, 3.05) is 7.11 Å². The van der Waals surface area contributed by atoms with Crippen molar-refractivity contribution in [2.45, 2.75) is 13.0 Å². The smallest absolute Gasteiger partial charge is 0.202 e. The molecule has 0 heterocycles. The molecule has 0 fully saturated rings. The van der Waals surface area contributed by atoms with Crippen LogP contribution in [-0.2, 0) is 0 Å². The van der Waals surface area contributed by atoms with Crippen LogP contribution in [0.5, 0.6) is 11.5 Å². The third-order valence-electron chi connectivity index (χ3n) is 4.02. The Morgan fingerprint density at radius 1 is 0.760 bits per heavy atom. The van der Waals surface area contributed by atoms with Crippen molar-refractivity contribution < 1.29 is 14.3 Å². The SMILES string of the molecule is COc1ccc(C(=O)C(C)Oc2ccc(-c3ccccc3)cc2)cc1. The second-order valence-corrected chi connectivity index (χ2v) is 5.74. The van der Waals surface area contributed by atoms with E-state index in [1.807, 2.05) is 42.5 Å². The van der Waals surface area contributed by atoms with Crippen LogP contribution in [0.2, 0.25) is 0 Å². The van der Waals surface area contributed by atoms with Crippen molar-refractivity contribution in [1.29, 1.82) is 0 Å². The highest BCUT2D eigenvalue weighted by molar-refractivity contribution is 5.99. The molecule has 3 heteroatoms. The van der Waals surface area contributed by atoms with Crippen LogP contribution in [0.4, 0.5) is 0 Å². The lowest BCUT2D eigenvalue weighted by Gasteiger charge is -2.14. The summed E-state index contributed by atoms with van der Waals surface area (Å²) in [5.74, 6) is 1.34. The summed E-state index contributed by atoms with van der Waals surface area (Å²) in [6.07, 6.45) is -0.559. The van der Waals surface area contributed by atoms with Crippen LogP contribution in [0.25, 0.3) is 11.1 Å². The number of rotatable bonds is 6. The van der Waals surface area contributed by atoms with Gasteiger partial charge in [0.25, 0.3) is 0 Å². The number of hydrogen-bond donors (Lipinski definition) is 0. The third-order valence-corrected chi connectivity index (χ3v) is 4.02. The van der Waals surface area contributed by atoms with Crippen molar-refractivity contribution in [1.82, 2.24) is 0 Å². The maximum Gasteiger partial charge on any atom is 0.202 e. The third kappa shape index (κ3) is 4.07. The zero-order chi connectivity index (χ0) is 17.6. The Bertz CT molecular complexity index is 821. The Kier molecular flexibility index (Phi) is 5.14. The normalized spacial score (nSPS) is 11.6. The fourth-order valence-corrected chi connectivity index (χ4v) is 2.60. The summed E-state index contributed by atoms with van der Waals surface area (Å²) in [4.78, 5) is 12.5. The summed E-state index contributed by atoms with van der Waals surface area (Å²) in [5, 5.41) is 0. The van der Waals surface area contributed by atoms with Crippen molar-refractivity contribution in [3.8, 4) is 22.6 Å². The van der Waals surface area contributed by atoms with Gasteiger partial charge in [-0.3, -0.25) is 4.79 Å². The standard InChI is InChI=1S/C22H20O3/c1-16(22(23)19-10-12-20(24-2)13-11-19)25-21-14-8-18(9-15-21)17-6-4-3-5-7-17/h3-16H,1-2H3. The molecule has 25 heavy (non-hydrogen) atoms. The van der Waals surface area contributed by atoms with E-state index in [0.29, 0.717) is 11.3 Å². The molecule has 126 valence electrons. The van der Waals surface area contributed by atoms with Gasteiger partial charge < -0.3 is 9.47 Å². The molecule has 3 rings (SSSR count). The summed E-state index contributed by atoms with van der Waals surface area (Å²) >= 11 is 0. The molecule has 0 N–H and O–H groups in total. The Morgan fingerprint density at radius 3 is 1.92 bits per heavy atom. The van der Waals surface area contributed by atoms with Gasteiger partial charge >= 0.3 is 0 Å². The molecule has 0 amide bonds. The fourth-order valence-electron chi connectivity index (χ4n) is 2.60. The van der Waals surface area contributed by atoms with Crippen LogP contribution in [0.3, 0.4) is 0 Å². The fraction of sp³-hybridized carbons (Fsp3) is 0.136. The van der Waals surface area contributed by atoms with Gasteiger partial charge in [-0.05, 0) is 54.4 Å². The molecule has 0 aliphatic rings. The van der Waals surface area contributed by atoms with Crippen molar-refractivity contribution in [3.63, 3.8) is 0 Å². The lowest BCUT2D eigenvalue weighted by molar-refractivity contribution is 0.0818. The first-order chi connectivity index (χ1) is 12.2. The minimum atomic E-state index is -0.559. The number of Topliss-reactive ketones (excluding diaryl/α,β-unsaturated/α-hetero) is 1. The zero-order valence-electron chi connectivity index (χ0n) is 14.3. The van der Waals surface area contributed by atoms with E-state index >= 15 is 0 Å². The largest absolute Gasteiger partial charge is 0.497 e. The molecule has 3 nitrogen and oxygen atoms in total. The van der Waals surface area contributed by atoms with Gasteiger partial charge in [-0.2, -0.15) is 0 Å². The summed E-state index contributed by atoms with van der Waals surface area (Å²) in [6, 6.07) is 24.9. The molecule has 1 unspecified atom stereocenters. The topological polar surface area (TPSA) is 35.5 Å². The second kappa shape index (κ2) is 7.67. The highest BCUT2D eigenvalue weighted by Crippen LogP contribution is 2.23. The van der Waals surface area contributed by atoms with Crippen LogP contribution in [-0.4, -0.2) is 19.0 Å². The van der Waals surface area contributed by atoms with E-state index in [1.165, 1.54) is 0 Å². The maximum absolute atomic E-state index is 12.5. The minimum absolute atomic E-state index is 0.0604. The number of benzene rings is 3. The molecule has 0 aromatic heterocycles. The molecule has 0 saturated heterocycles. The van der Waals surface area contributed by atoms with E-state index in [4.69, 9.17) is 9.47 Å². The summed E-state index contributed by atoms with van der Waals surface area (Å²) in [6.45, 7) is 1.76. The van der Waals surface area contributed by atoms with Crippen LogP contribution >= 0.6 is 0 Å². The summed E-state index contributed by atoms with van der Waals surface area (Å²) in [7, 11) is 1.60. The number of hydrogen-bond acceptors (Lipinski definition) is 3. The van der Waals surface area contributed by atoms with Gasteiger partial charge in [0.05, 0.1) is 7.11 Å². The highest BCUT2D eigenvalue weighted by Gasteiger charge is 2.17. The number of carbonyl (C=O) groups excluding carboxylic acids is 1. The summed E-state index contributed by atoms with van der Waals surface area (Å²) < 4.78 is 10.9. The zero-order valence-corrected chi connectivity index (χ0v) is 14.3. The van der Waals surface area contributed by atoms with E-state index in [1.54, 1.807) is 38.3 Å². The van der Waals surface area contributed by atoms with Crippen LogP contribution in [0, 0.1) is 0 Å². The van der Waals surface area contributed by atoms with Crippen LogP contribution in [0.15, 0.2) is 78.9 Å². The summed E-state index contributed by atoms with van der Waals surface area (Å²) in [5.41, 5.74) is 2.87. The van der Waals surface area contributed by atoms with Gasteiger partial charge in [-0.25, -0.2) is 0 Å². The van der Waals surface area contributed by atoms with Gasteiger partial charge in [0.15, 0.2) is 6.10 Å². The van der Waals surface area contributed by atoms with E-state index in [9.17, 15) is 4.79 Å². The number of ether oxygens (including phenoxy) is 2. The van der Waals surface area contributed by atoms with E-state index in [0.717, 1.165) is 16.9 Å².